The molecule has 0 aromatic heterocycles. The van der Waals surface area contributed by atoms with Crippen LogP contribution in [0.5, 0.6) is 0 Å². The van der Waals surface area contributed by atoms with E-state index < -0.39 is 205 Å². The molecule has 0 saturated carbocycles. The van der Waals surface area contributed by atoms with Gasteiger partial charge in [0.05, 0.1) is 79.3 Å². The Morgan fingerprint density at radius 3 is 0.515 bits per heavy atom. The van der Waals surface area contributed by atoms with E-state index in [4.69, 9.17) is 122 Å². The van der Waals surface area contributed by atoms with Gasteiger partial charge in [0, 0.05) is 45.7 Å². The molecule has 0 spiro atoms. The molecule has 52 heteroatoms. The highest BCUT2D eigenvalue weighted by molar-refractivity contribution is 6.93. The van der Waals surface area contributed by atoms with Crippen molar-refractivity contribution in [3.8, 4) is 0 Å². The zero-order chi connectivity index (χ0) is 107. The van der Waals surface area contributed by atoms with Gasteiger partial charge in [-0.15, -0.1) is 0 Å². The van der Waals surface area contributed by atoms with Crippen LogP contribution in [0.1, 0.15) is 38.5 Å². The first-order valence-corrected chi connectivity index (χ1v) is 110. The molecule has 0 amide bonds. The lowest BCUT2D eigenvalue weighted by Gasteiger charge is -2.43. The van der Waals surface area contributed by atoms with E-state index in [0.717, 1.165) is 74.8 Å². The summed E-state index contributed by atoms with van der Waals surface area (Å²) < 4.78 is 122. The minimum Gasteiger partial charge on any atom is -0.456 e. The summed E-state index contributed by atoms with van der Waals surface area (Å²) in [6, 6.07) is 5.51. The van der Waals surface area contributed by atoms with E-state index in [1.54, 1.807) is 0 Å². The molecule has 32 nitrogen and oxygen atoms in total. The molecular weight excluding hydrogens is 2060 g/mol. The second-order valence-electron chi connectivity index (χ2n) is 48.5. The van der Waals surface area contributed by atoms with Crippen molar-refractivity contribution >= 4 is 168 Å². The second kappa shape index (κ2) is 68.0. The Kier molecular flexibility index (Phi) is 74.9. The van der Waals surface area contributed by atoms with Crippen molar-refractivity contribution in [2.45, 2.75) is 413 Å². The third-order valence-corrected chi connectivity index (χ3v) is 81.8. The lowest BCUT2D eigenvalue weighted by atomic mass is 10.4. The Morgan fingerprint density at radius 1 is 0.164 bits per heavy atom. The Balaban J connectivity index is -0.000000368. The number of aliphatic hydroxyl groups excluding tert-OH is 12. The summed E-state index contributed by atoms with van der Waals surface area (Å²) in [5.74, 6) is 0. The van der Waals surface area contributed by atoms with Crippen LogP contribution in [0.2, 0.25) is 337 Å². The van der Waals surface area contributed by atoms with Crippen molar-refractivity contribution in [1.82, 2.24) is 0 Å². The fraction of sp³-hybridized carbons (Fsp3) is 1.00. The van der Waals surface area contributed by atoms with Crippen LogP contribution in [0, 0.1) is 0 Å². The standard InChI is InChI=1S/3C15H40O6Si4.2C13H34O5Si3.C11H28O4Si2/c1-22(2,3)19-24(6,7)21-25(8,9)20-23(4,5)12-10-11-18-14-15(17)13-16;1-22(2,3)19-24(7,8)21-25(9,20-23(4,5)6)12-10-11-18-14-15(17)13-16;1-22(2,3)19-25(20-23(4,5)6,21-24(7,8)9)12-10-11-18-14-15(17)13-16;1-19(2,3)17-21(6,7)18-20(4,5)10-8-9-16-12-13(15)11-14;1-19(2,3)17-21(7,18-20(4,5)6)10-8-9-16-12-13(15)11-14;1-16(2,3)15-17(4,5)8-6-7-14-10-11(13)9-12/h3*15-17H,10-14H2,1-9H3;2*13-15H,8-12H2,1-7H3;11-13H,6-10H2,1-5H3. The van der Waals surface area contributed by atoms with Gasteiger partial charge in [0.2, 0.25) is 0 Å². The third kappa shape index (κ3) is 104. The topological polar surface area (TPSA) is 427 Å². The highest BCUT2D eigenvalue weighted by atomic mass is 28.5. The normalized spacial score (nSPS) is 15.7. The average molecular weight is 2280 g/mol. The fourth-order valence-corrected chi connectivity index (χ4v) is 99.0. The highest BCUT2D eigenvalue weighted by Crippen LogP contribution is 2.34. The van der Waals surface area contributed by atoms with Gasteiger partial charge < -0.3 is 147 Å². The second-order valence-corrected chi connectivity index (χ2v) is 133. The quantitative estimate of drug-likeness (QED) is 0.0199. The Morgan fingerprint density at radius 2 is 0.321 bits per heavy atom. The molecule has 0 aromatic carbocycles. The van der Waals surface area contributed by atoms with Gasteiger partial charge in [-0.3, -0.25) is 0 Å². The summed E-state index contributed by atoms with van der Waals surface area (Å²) in [6.07, 6.45) is 0.435. The maximum Gasteiger partial charge on any atom is 0.469 e. The summed E-state index contributed by atoms with van der Waals surface area (Å²) in [6.45, 7) is 103. The average Bonchev–Trinajstić information content (AvgIpc) is 0.823. The van der Waals surface area contributed by atoms with Crippen LogP contribution >= 0.6 is 0 Å². The smallest absolute Gasteiger partial charge is 0.456 e. The van der Waals surface area contributed by atoms with Gasteiger partial charge in [-0.1, -0.05) is 0 Å². The van der Waals surface area contributed by atoms with Crippen molar-refractivity contribution in [2.24, 2.45) is 0 Å². The maximum absolute atomic E-state index is 9.35. The molecule has 0 aliphatic carbocycles. The molecule has 0 aromatic rings. The predicted octanol–water partition coefficient (Wildman–Crippen LogP) is 16.6. The summed E-state index contributed by atoms with van der Waals surface area (Å²) in [5, 5.41) is 108. The summed E-state index contributed by atoms with van der Waals surface area (Å²) >= 11 is 0. The summed E-state index contributed by atoms with van der Waals surface area (Å²) in [7, 11) is -38.1. The number of hydrogen-bond donors (Lipinski definition) is 12. The molecule has 0 saturated heterocycles. The number of aliphatic hydroxyl groups is 12. The zero-order valence-corrected chi connectivity index (χ0v) is 114. The van der Waals surface area contributed by atoms with Crippen molar-refractivity contribution < 1.29 is 147 Å². The summed E-state index contributed by atoms with van der Waals surface area (Å²) in [4.78, 5) is 0. The Hall–Kier alpha value is 3.06. The fourth-order valence-electron chi connectivity index (χ4n) is 14.3. The van der Waals surface area contributed by atoms with E-state index in [2.05, 4.69) is 301 Å². The van der Waals surface area contributed by atoms with E-state index in [-0.39, 0.29) is 79.3 Å². The molecule has 0 heterocycles. The van der Waals surface area contributed by atoms with Gasteiger partial charge in [-0.05, 0) is 370 Å². The van der Waals surface area contributed by atoms with Crippen LogP contribution in [0.15, 0.2) is 0 Å². The largest absolute Gasteiger partial charge is 0.469 e. The Labute approximate surface area is 840 Å². The van der Waals surface area contributed by atoms with Gasteiger partial charge in [0.1, 0.15) is 36.6 Å². The molecule has 816 valence electrons. The molecule has 0 fully saturated rings. The minimum absolute atomic E-state index is 0.143. The van der Waals surface area contributed by atoms with Crippen molar-refractivity contribution in [2.75, 3.05) is 119 Å². The van der Waals surface area contributed by atoms with Crippen LogP contribution in [-0.2, 0) is 86.0 Å². The van der Waals surface area contributed by atoms with Gasteiger partial charge in [-0.25, -0.2) is 0 Å². The van der Waals surface area contributed by atoms with E-state index in [0.29, 0.717) is 39.6 Å². The third-order valence-electron chi connectivity index (χ3n) is 16.1. The predicted molar refractivity (Wildman–Crippen MR) is 600 cm³/mol. The maximum atomic E-state index is 9.35. The molecule has 0 radical (unpaired) electrons. The first-order valence-electron chi connectivity index (χ1n) is 48.6. The molecule has 134 heavy (non-hydrogen) atoms. The minimum atomic E-state index is -2.79. The van der Waals surface area contributed by atoms with Gasteiger partial charge >= 0.3 is 60.2 Å². The molecule has 7 unspecified atom stereocenters. The van der Waals surface area contributed by atoms with Crippen molar-refractivity contribution in [3.05, 3.63) is 0 Å². The van der Waals surface area contributed by atoms with E-state index in [9.17, 15) is 25.5 Å². The van der Waals surface area contributed by atoms with Crippen LogP contribution < -0.4 is 0 Å². The van der Waals surface area contributed by atoms with E-state index >= 15 is 0 Å². The number of hydrogen-bond acceptors (Lipinski definition) is 32. The molecule has 0 aliphatic heterocycles. The van der Waals surface area contributed by atoms with Gasteiger partial charge in [0.15, 0.2) is 108 Å². The number of rotatable bonds is 70. The molecule has 7 atom stereocenters. The first-order chi connectivity index (χ1) is 59.6. The zero-order valence-electron chi connectivity index (χ0n) is 94.2. The van der Waals surface area contributed by atoms with Crippen molar-refractivity contribution in [3.63, 3.8) is 0 Å². The number of ether oxygens (including phenoxy) is 6. The van der Waals surface area contributed by atoms with Gasteiger partial charge in [-0.2, -0.15) is 0 Å². The SMILES string of the molecule is C[Si](C)(C)O[Si](C)(C)CCCOCC(O)CO.C[Si](C)(C)O[Si](C)(C)O[Si](C)(C)CCCOCC(O)CO.C[Si](C)(C)O[Si](C)(C)O[Si](C)(C)O[Si](C)(C)CCCOCC(O)CO.C[Si](C)(C)O[Si](C)(C)O[Si](C)(CCCOCC(O)CO)O[Si](C)(C)C.C[Si](C)(C)O[Si](C)(CCCOCC(O)CO)O[Si](C)(C)C.C[Si](C)(C)O[Si](CCCOCC(O)CO)(O[Si](C)(C)C)O[Si](C)(C)C. The molecule has 0 rings (SSSR count). The lowest BCUT2D eigenvalue weighted by Crippen LogP contribution is -2.60. The molecule has 0 aliphatic rings. The monoisotopic (exact) mass is 2270 g/mol. The van der Waals surface area contributed by atoms with Crippen LogP contribution in [0.3, 0.4) is 0 Å². The van der Waals surface area contributed by atoms with Gasteiger partial charge in [0.25, 0.3) is 0 Å². The first kappa shape index (κ1) is 148. The molecule has 12 N–H and O–H groups in total. The summed E-state index contributed by atoms with van der Waals surface area (Å²) in [5.41, 5.74) is 0. The van der Waals surface area contributed by atoms with Crippen LogP contribution in [-0.4, -0.2) is 385 Å². The van der Waals surface area contributed by atoms with Crippen molar-refractivity contribution in [1.29, 1.82) is 0 Å². The van der Waals surface area contributed by atoms with E-state index in [1.165, 1.54) is 0 Å². The van der Waals surface area contributed by atoms with Crippen LogP contribution in [0.25, 0.3) is 0 Å². The highest BCUT2D eigenvalue weighted by Gasteiger charge is 2.51. The lowest BCUT2D eigenvalue weighted by molar-refractivity contribution is 0.00599. The molecular formula is C82H216O32Si20. The molecule has 0 bridgehead atoms. The van der Waals surface area contributed by atoms with E-state index in [1.807, 2.05) is 0 Å². The van der Waals surface area contributed by atoms with Crippen LogP contribution in [0.4, 0.5) is 0 Å². The Bertz CT molecular complexity index is 2830.